The summed E-state index contributed by atoms with van der Waals surface area (Å²) in [4.78, 5) is 17.3. The summed E-state index contributed by atoms with van der Waals surface area (Å²) in [6, 6.07) is 14.8. The van der Waals surface area contributed by atoms with Crippen molar-refractivity contribution in [2.75, 3.05) is 0 Å². The second-order valence-corrected chi connectivity index (χ2v) is 6.61. The van der Waals surface area contributed by atoms with Gasteiger partial charge in [0.2, 0.25) is 0 Å². The fraction of sp³-hybridized carbons (Fsp3) is 0.300. The Kier molecular flexibility index (Phi) is 5.39. The van der Waals surface area contributed by atoms with Crippen LogP contribution in [0.15, 0.2) is 48.5 Å². The number of halogens is 1. The van der Waals surface area contributed by atoms with Gasteiger partial charge in [-0.15, -0.1) is 0 Å². The smallest absolute Gasteiger partial charge is 0.251 e. The molecule has 1 amide bonds. The van der Waals surface area contributed by atoms with Crippen LogP contribution in [0.4, 0.5) is 0 Å². The highest BCUT2D eigenvalue weighted by molar-refractivity contribution is 6.30. The summed E-state index contributed by atoms with van der Waals surface area (Å²) in [5.74, 6) is 0.731. The maximum atomic E-state index is 12.5. The number of benzene rings is 2. The Hall–Kier alpha value is -2.33. The molecule has 0 bridgehead atoms. The maximum absolute atomic E-state index is 12.5. The quantitative estimate of drug-likeness (QED) is 0.677. The van der Waals surface area contributed by atoms with E-state index in [1.54, 1.807) is 24.3 Å². The lowest BCUT2D eigenvalue weighted by Gasteiger charge is -2.16. The van der Waals surface area contributed by atoms with Crippen molar-refractivity contribution >= 4 is 28.5 Å². The molecule has 1 unspecified atom stereocenters. The molecule has 0 aliphatic rings. The van der Waals surface area contributed by atoms with Gasteiger partial charge < -0.3 is 9.88 Å². The summed E-state index contributed by atoms with van der Waals surface area (Å²) >= 11 is 5.98. The Morgan fingerprint density at radius 3 is 2.80 bits per heavy atom. The van der Waals surface area contributed by atoms with Crippen LogP contribution in [-0.4, -0.2) is 15.5 Å². The fourth-order valence-electron chi connectivity index (χ4n) is 2.95. The molecule has 1 heterocycles. The monoisotopic (exact) mass is 355 g/mol. The topological polar surface area (TPSA) is 46.9 Å². The third kappa shape index (κ3) is 3.85. The molecule has 130 valence electrons. The lowest BCUT2D eigenvalue weighted by molar-refractivity contribution is 0.0937. The van der Waals surface area contributed by atoms with Crippen LogP contribution in [0.25, 0.3) is 11.0 Å². The lowest BCUT2D eigenvalue weighted by Crippen LogP contribution is -2.28. The molecule has 2 aromatic carbocycles. The number of para-hydroxylation sites is 2. The Morgan fingerprint density at radius 1 is 1.24 bits per heavy atom. The van der Waals surface area contributed by atoms with Gasteiger partial charge in [0.05, 0.1) is 17.1 Å². The molecular weight excluding hydrogens is 334 g/mol. The Bertz CT molecular complexity index is 888. The molecular formula is C20H22ClN3O. The van der Waals surface area contributed by atoms with Gasteiger partial charge in [-0.05, 0) is 43.7 Å². The number of hydrogen-bond acceptors (Lipinski definition) is 2. The van der Waals surface area contributed by atoms with E-state index in [-0.39, 0.29) is 11.9 Å². The van der Waals surface area contributed by atoms with Crippen molar-refractivity contribution in [2.24, 2.45) is 0 Å². The number of rotatable bonds is 6. The molecule has 0 saturated heterocycles. The first-order valence-corrected chi connectivity index (χ1v) is 8.99. The third-order valence-electron chi connectivity index (χ3n) is 4.24. The number of fused-ring (bicyclic) bond motifs is 1. The molecule has 25 heavy (non-hydrogen) atoms. The molecule has 0 saturated carbocycles. The van der Waals surface area contributed by atoms with Crippen LogP contribution < -0.4 is 5.32 Å². The molecule has 3 rings (SSSR count). The van der Waals surface area contributed by atoms with Crippen molar-refractivity contribution in [3.8, 4) is 0 Å². The second kappa shape index (κ2) is 7.70. The van der Waals surface area contributed by atoms with E-state index in [9.17, 15) is 4.79 Å². The van der Waals surface area contributed by atoms with Crippen LogP contribution in [0.2, 0.25) is 5.02 Å². The zero-order valence-corrected chi connectivity index (χ0v) is 15.3. The molecule has 5 heteroatoms. The Balaban J connectivity index is 1.88. The van der Waals surface area contributed by atoms with E-state index >= 15 is 0 Å². The predicted octanol–water partition coefficient (Wildman–Crippen LogP) is 4.98. The number of nitrogens with one attached hydrogen (secondary N) is 1. The van der Waals surface area contributed by atoms with Gasteiger partial charge in [-0.1, -0.05) is 43.1 Å². The number of hydrogen-bond donors (Lipinski definition) is 1. The summed E-state index contributed by atoms with van der Waals surface area (Å²) in [7, 11) is 0. The van der Waals surface area contributed by atoms with Crippen LogP contribution in [-0.2, 0) is 6.54 Å². The minimum absolute atomic E-state index is 0.149. The first-order valence-electron chi connectivity index (χ1n) is 8.61. The van der Waals surface area contributed by atoms with E-state index in [2.05, 4.69) is 22.9 Å². The van der Waals surface area contributed by atoms with E-state index < -0.39 is 0 Å². The van der Waals surface area contributed by atoms with Crippen molar-refractivity contribution in [2.45, 2.75) is 39.3 Å². The average Bonchev–Trinajstić information content (AvgIpc) is 2.98. The van der Waals surface area contributed by atoms with Crippen molar-refractivity contribution in [3.63, 3.8) is 0 Å². The van der Waals surface area contributed by atoms with Gasteiger partial charge in [0.15, 0.2) is 0 Å². The third-order valence-corrected chi connectivity index (χ3v) is 4.48. The Labute approximate surface area is 152 Å². The zero-order chi connectivity index (χ0) is 17.8. The van der Waals surface area contributed by atoms with E-state index in [4.69, 9.17) is 16.6 Å². The van der Waals surface area contributed by atoms with Gasteiger partial charge >= 0.3 is 0 Å². The minimum atomic E-state index is -0.198. The molecule has 1 atom stereocenters. The largest absolute Gasteiger partial charge is 0.342 e. The van der Waals surface area contributed by atoms with Gasteiger partial charge in [-0.2, -0.15) is 0 Å². The van der Waals surface area contributed by atoms with Gasteiger partial charge in [0.1, 0.15) is 5.82 Å². The number of amides is 1. The number of nitrogens with zero attached hydrogens (tertiary/aromatic N) is 2. The van der Waals surface area contributed by atoms with Crippen LogP contribution in [0.1, 0.15) is 48.9 Å². The highest BCUT2D eigenvalue weighted by atomic mass is 35.5. The number of aromatic nitrogens is 2. The standard InChI is InChI=1S/C20H22ClN3O/c1-3-4-12-24-18-11-6-5-10-17(18)23-19(24)14(2)22-20(25)15-8-7-9-16(21)13-15/h5-11,13-14H,3-4,12H2,1-2H3,(H,22,25). The molecule has 1 aromatic heterocycles. The second-order valence-electron chi connectivity index (χ2n) is 6.17. The lowest BCUT2D eigenvalue weighted by atomic mass is 10.2. The van der Waals surface area contributed by atoms with Crippen molar-refractivity contribution in [1.29, 1.82) is 0 Å². The molecule has 0 aliphatic heterocycles. The van der Waals surface area contributed by atoms with E-state index in [1.165, 1.54) is 0 Å². The predicted molar refractivity (Wildman–Crippen MR) is 102 cm³/mol. The van der Waals surface area contributed by atoms with Gasteiger partial charge in [-0.3, -0.25) is 4.79 Å². The molecule has 0 spiro atoms. The van der Waals surface area contributed by atoms with Gasteiger partial charge in [0.25, 0.3) is 5.91 Å². The molecule has 0 fully saturated rings. The minimum Gasteiger partial charge on any atom is -0.342 e. The summed E-state index contributed by atoms with van der Waals surface area (Å²) in [6.07, 6.45) is 2.18. The number of carbonyl (C=O) groups is 1. The summed E-state index contributed by atoms with van der Waals surface area (Å²) < 4.78 is 2.21. The average molecular weight is 356 g/mol. The molecule has 0 radical (unpaired) electrons. The van der Waals surface area contributed by atoms with Gasteiger partial charge in [-0.25, -0.2) is 4.98 Å². The molecule has 3 aromatic rings. The van der Waals surface area contributed by atoms with Crippen molar-refractivity contribution < 1.29 is 4.79 Å². The molecule has 1 N–H and O–H groups in total. The summed E-state index contributed by atoms with van der Waals surface area (Å²) in [6.45, 7) is 5.03. The molecule has 4 nitrogen and oxygen atoms in total. The van der Waals surface area contributed by atoms with Gasteiger partial charge in [0, 0.05) is 17.1 Å². The summed E-state index contributed by atoms with van der Waals surface area (Å²) in [5, 5.41) is 3.59. The number of unbranched alkanes of at least 4 members (excludes halogenated alkanes) is 1. The van der Waals surface area contributed by atoms with Crippen molar-refractivity contribution in [3.05, 3.63) is 64.9 Å². The first-order chi connectivity index (χ1) is 12.1. The summed E-state index contributed by atoms with van der Waals surface area (Å²) in [5.41, 5.74) is 2.61. The fourth-order valence-corrected chi connectivity index (χ4v) is 3.14. The molecule has 0 aliphatic carbocycles. The number of carbonyl (C=O) groups excluding carboxylic acids is 1. The normalized spacial score (nSPS) is 12.3. The zero-order valence-electron chi connectivity index (χ0n) is 14.5. The first kappa shape index (κ1) is 17.5. The highest BCUT2D eigenvalue weighted by Crippen LogP contribution is 2.22. The van der Waals surface area contributed by atoms with Crippen LogP contribution in [0.3, 0.4) is 0 Å². The Morgan fingerprint density at radius 2 is 2.04 bits per heavy atom. The van der Waals surface area contributed by atoms with E-state index in [0.29, 0.717) is 10.6 Å². The number of aryl methyl sites for hydroxylation is 1. The number of imidazole rings is 1. The van der Waals surface area contributed by atoms with Crippen LogP contribution in [0.5, 0.6) is 0 Å². The maximum Gasteiger partial charge on any atom is 0.251 e. The van der Waals surface area contributed by atoms with Crippen LogP contribution in [0, 0.1) is 0 Å². The van der Waals surface area contributed by atoms with Crippen LogP contribution >= 0.6 is 11.6 Å². The van der Waals surface area contributed by atoms with E-state index in [0.717, 1.165) is 36.2 Å². The van der Waals surface area contributed by atoms with E-state index in [1.807, 2.05) is 25.1 Å². The van der Waals surface area contributed by atoms with Crippen molar-refractivity contribution in [1.82, 2.24) is 14.9 Å². The SMILES string of the molecule is CCCCn1c(C(C)NC(=O)c2cccc(Cl)c2)nc2ccccc21. The highest BCUT2D eigenvalue weighted by Gasteiger charge is 2.18.